The van der Waals surface area contributed by atoms with Crippen LogP contribution in [0, 0.1) is 5.41 Å². The zero-order valence-corrected chi connectivity index (χ0v) is 8.82. The fourth-order valence-corrected chi connectivity index (χ4v) is 1.66. The van der Waals surface area contributed by atoms with Crippen LogP contribution in [0.2, 0.25) is 0 Å². The number of hydrogen-bond donors (Lipinski definition) is 1. The summed E-state index contributed by atoms with van der Waals surface area (Å²) in [6, 6.07) is 0.657. The minimum absolute atomic E-state index is 0.657. The first kappa shape index (κ1) is 10.0. The van der Waals surface area contributed by atoms with E-state index >= 15 is 0 Å². The van der Waals surface area contributed by atoms with E-state index in [4.69, 9.17) is 0 Å². The van der Waals surface area contributed by atoms with Crippen LogP contribution >= 0.6 is 0 Å². The Balaban J connectivity index is 2.12. The minimum atomic E-state index is 0.657. The maximum absolute atomic E-state index is 3.56. The SMILES string of the molecule is CCCCC1(CNC(C)C)CC1. The maximum atomic E-state index is 3.56. The summed E-state index contributed by atoms with van der Waals surface area (Å²) >= 11 is 0. The van der Waals surface area contributed by atoms with Crippen LogP contribution in [0.3, 0.4) is 0 Å². The Morgan fingerprint density at radius 1 is 1.33 bits per heavy atom. The number of unbranched alkanes of at least 4 members (excludes halogenated alkanes) is 1. The van der Waals surface area contributed by atoms with Crippen LogP contribution in [0.1, 0.15) is 52.9 Å². The van der Waals surface area contributed by atoms with Crippen molar-refractivity contribution in [1.82, 2.24) is 5.32 Å². The third kappa shape index (κ3) is 3.14. The molecule has 0 aliphatic heterocycles. The third-order valence-electron chi connectivity index (χ3n) is 2.90. The van der Waals surface area contributed by atoms with Crippen molar-refractivity contribution in [3.63, 3.8) is 0 Å². The lowest BCUT2D eigenvalue weighted by Gasteiger charge is -2.17. The smallest absolute Gasteiger partial charge is 0.00106 e. The van der Waals surface area contributed by atoms with Crippen LogP contribution in [-0.4, -0.2) is 12.6 Å². The monoisotopic (exact) mass is 169 g/mol. The molecule has 0 radical (unpaired) electrons. The first-order valence-electron chi connectivity index (χ1n) is 5.42. The Labute approximate surface area is 76.9 Å². The summed E-state index contributed by atoms with van der Waals surface area (Å²) in [7, 11) is 0. The molecule has 1 fully saturated rings. The molecule has 12 heavy (non-hydrogen) atoms. The molecule has 72 valence electrons. The van der Waals surface area contributed by atoms with Gasteiger partial charge in [-0.2, -0.15) is 0 Å². The van der Waals surface area contributed by atoms with Crippen LogP contribution < -0.4 is 5.32 Å². The molecule has 0 bridgehead atoms. The van der Waals surface area contributed by atoms with Gasteiger partial charge in [-0.15, -0.1) is 0 Å². The topological polar surface area (TPSA) is 12.0 Å². The van der Waals surface area contributed by atoms with E-state index in [2.05, 4.69) is 26.1 Å². The lowest BCUT2D eigenvalue weighted by Crippen LogP contribution is -2.29. The van der Waals surface area contributed by atoms with Crippen molar-refractivity contribution in [2.75, 3.05) is 6.54 Å². The van der Waals surface area contributed by atoms with E-state index in [0.29, 0.717) is 6.04 Å². The lowest BCUT2D eigenvalue weighted by molar-refractivity contribution is 0.394. The molecule has 0 aromatic rings. The van der Waals surface area contributed by atoms with E-state index in [1.165, 1.54) is 38.6 Å². The predicted molar refractivity (Wildman–Crippen MR) is 54.3 cm³/mol. The summed E-state index contributed by atoms with van der Waals surface area (Å²) in [6.45, 7) is 8.00. The van der Waals surface area contributed by atoms with Gasteiger partial charge >= 0.3 is 0 Å². The van der Waals surface area contributed by atoms with Gasteiger partial charge in [0, 0.05) is 12.6 Å². The Hall–Kier alpha value is -0.0400. The zero-order chi connectivity index (χ0) is 9.03. The number of rotatable bonds is 6. The number of hydrogen-bond acceptors (Lipinski definition) is 1. The van der Waals surface area contributed by atoms with E-state index in [-0.39, 0.29) is 0 Å². The molecule has 1 aliphatic rings. The maximum Gasteiger partial charge on any atom is 0.00106 e. The van der Waals surface area contributed by atoms with Gasteiger partial charge in [0.2, 0.25) is 0 Å². The van der Waals surface area contributed by atoms with Crippen LogP contribution in [0.15, 0.2) is 0 Å². The van der Waals surface area contributed by atoms with E-state index in [9.17, 15) is 0 Å². The second kappa shape index (κ2) is 4.27. The summed E-state index contributed by atoms with van der Waals surface area (Å²) in [5.41, 5.74) is 0.722. The molecule has 1 nitrogen and oxygen atoms in total. The van der Waals surface area contributed by atoms with Crippen LogP contribution in [0.25, 0.3) is 0 Å². The molecule has 0 unspecified atom stereocenters. The summed E-state index contributed by atoms with van der Waals surface area (Å²) in [6.07, 6.45) is 7.14. The Kier molecular flexibility index (Phi) is 3.57. The fourth-order valence-electron chi connectivity index (χ4n) is 1.66. The van der Waals surface area contributed by atoms with Crippen molar-refractivity contribution in [1.29, 1.82) is 0 Å². The average molecular weight is 169 g/mol. The van der Waals surface area contributed by atoms with Crippen molar-refractivity contribution >= 4 is 0 Å². The van der Waals surface area contributed by atoms with Crippen LogP contribution in [-0.2, 0) is 0 Å². The van der Waals surface area contributed by atoms with Crippen molar-refractivity contribution in [3.8, 4) is 0 Å². The molecule has 1 saturated carbocycles. The van der Waals surface area contributed by atoms with Crippen molar-refractivity contribution in [3.05, 3.63) is 0 Å². The lowest BCUT2D eigenvalue weighted by atomic mass is 9.99. The van der Waals surface area contributed by atoms with Crippen molar-refractivity contribution < 1.29 is 0 Å². The second-order valence-corrected chi connectivity index (χ2v) is 4.64. The van der Waals surface area contributed by atoms with E-state index < -0.39 is 0 Å². The van der Waals surface area contributed by atoms with Gasteiger partial charge in [0.05, 0.1) is 0 Å². The first-order chi connectivity index (χ1) is 5.68. The predicted octanol–water partition coefficient (Wildman–Crippen LogP) is 2.95. The molecule has 0 amide bonds. The van der Waals surface area contributed by atoms with Crippen LogP contribution in [0.4, 0.5) is 0 Å². The molecule has 1 N–H and O–H groups in total. The quantitative estimate of drug-likeness (QED) is 0.644. The van der Waals surface area contributed by atoms with Gasteiger partial charge in [-0.05, 0) is 24.7 Å². The Morgan fingerprint density at radius 3 is 2.42 bits per heavy atom. The molecule has 1 aliphatic carbocycles. The van der Waals surface area contributed by atoms with Crippen LogP contribution in [0.5, 0.6) is 0 Å². The second-order valence-electron chi connectivity index (χ2n) is 4.64. The number of nitrogens with one attached hydrogen (secondary N) is 1. The third-order valence-corrected chi connectivity index (χ3v) is 2.90. The van der Waals surface area contributed by atoms with E-state index in [1.807, 2.05) is 0 Å². The van der Waals surface area contributed by atoms with Gasteiger partial charge in [-0.1, -0.05) is 33.6 Å². The standard InChI is InChI=1S/C11H23N/c1-4-5-6-11(7-8-11)9-12-10(2)3/h10,12H,4-9H2,1-3H3. The molecular weight excluding hydrogens is 146 g/mol. The molecule has 0 aromatic heterocycles. The molecule has 1 rings (SSSR count). The molecule has 0 heterocycles. The van der Waals surface area contributed by atoms with Gasteiger partial charge in [-0.3, -0.25) is 0 Å². The Bertz CT molecular complexity index is 125. The zero-order valence-electron chi connectivity index (χ0n) is 8.82. The minimum Gasteiger partial charge on any atom is -0.314 e. The van der Waals surface area contributed by atoms with Crippen molar-refractivity contribution in [2.24, 2.45) is 5.41 Å². The normalized spacial score (nSPS) is 20.0. The van der Waals surface area contributed by atoms with Crippen molar-refractivity contribution in [2.45, 2.75) is 58.9 Å². The highest BCUT2D eigenvalue weighted by atomic mass is 14.9. The van der Waals surface area contributed by atoms with Gasteiger partial charge in [0.25, 0.3) is 0 Å². The van der Waals surface area contributed by atoms with Gasteiger partial charge < -0.3 is 5.32 Å². The molecule has 1 heteroatoms. The van der Waals surface area contributed by atoms with Gasteiger partial charge in [-0.25, -0.2) is 0 Å². The fraction of sp³-hybridized carbons (Fsp3) is 1.00. The highest BCUT2D eigenvalue weighted by Crippen LogP contribution is 2.49. The van der Waals surface area contributed by atoms with E-state index in [1.54, 1.807) is 0 Å². The molecule has 0 spiro atoms. The molecule has 0 atom stereocenters. The Morgan fingerprint density at radius 2 is 2.00 bits per heavy atom. The summed E-state index contributed by atoms with van der Waals surface area (Å²) < 4.78 is 0. The summed E-state index contributed by atoms with van der Waals surface area (Å²) in [5.74, 6) is 0. The van der Waals surface area contributed by atoms with Gasteiger partial charge in [0.1, 0.15) is 0 Å². The highest BCUT2D eigenvalue weighted by molar-refractivity contribution is 4.94. The summed E-state index contributed by atoms with van der Waals surface area (Å²) in [4.78, 5) is 0. The highest BCUT2D eigenvalue weighted by Gasteiger charge is 2.41. The van der Waals surface area contributed by atoms with E-state index in [0.717, 1.165) is 5.41 Å². The molecule has 0 aromatic carbocycles. The molecule has 0 saturated heterocycles. The van der Waals surface area contributed by atoms with Gasteiger partial charge in [0.15, 0.2) is 0 Å². The largest absolute Gasteiger partial charge is 0.314 e. The summed E-state index contributed by atoms with van der Waals surface area (Å²) in [5, 5.41) is 3.56. The molecular formula is C11H23N. The first-order valence-corrected chi connectivity index (χ1v) is 5.42. The average Bonchev–Trinajstić information content (AvgIpc) is 2.79.